The first-order valence-electron chi connectivity index (χ1n) is 5.35. The Bertz CT molecular complexity index is 350. The Kier molecular flexibility index (Phi) is 6.37. The van der Waals surface area contributed by atoms with Crippen LogP contribution in [0.1, 0.15) is 12.8 Å². The van der Waals surface area contributed by atoms with Crippen LogP contribution in [0.4, 0.5) is 0 Å². The molecule has 0 radical (unpaired) electrons. The summed E-state index contributed by atoms with van der Waals surface area (Å²) in [4.78, 5) is 21.9. The van der Waals surface area contributed by atoms with Crippen molar-refractivity contribution in [3.8, 4) is 0 Å². The van der Waals surface area contributed by atoms with E-state index in [9.17, 15) is 9.59 Å². The van der Waals surface area contributed by atoms with Gasteiger partial charge in [0, 0.05) is 11.3 Å². The molecule has 1 rings (SSSR count). The molecule has 5 heteroatoms. The van der Waals surface area contributed by atoms with E-state index in [1.54, 1.807) is 17.8 Å². The molecule has 0 aromatic heterocycles. The van der Waals surface area contributed by atoms with Crippen molar-refractivity contribution < 1.29 is 14.3 Å². The molecule has 0 heterocycles. The van der Waals surface area contributed by atoms with Crippen molar-refractivity contribution in [2.45, 2.75) is 12.8 Å². The number of halogens is 1. The number of thioether (sulfide) groups is 1. The maximum absolute atomic E-state index is 11.0. The minimum Gasteiger partial charge on any atom is -0.469 e. The molecule has 0 bridgehead atoms. The topological polar surface area (TPSA) is 43.4 Å². The van der Waals surface area contributed by atoms with Crippen molar-refractivity contribution in [3.05, 3.63) is 23.8 Å². The van der Waals surface area contributed by atoms with Gasteiger partial charge in [0.2, 0.25) is 5.24 Å². The summed E-state index contributed by atoms with van der Waals surface area (Å²) in [7, 11) is 1.39. The molecule has 3 nitrogen and oxygen atoms in total. The van der Waals surface area contributed by atoms with Crippen LogP contribution >= 0.6 is 23.4 Å². The molecular weight excluding hydrogens is 260 g/mol. The molecule has 0 fully saturated rings. The lowest BCUT2D eigenvalue weighted by Crippen LogP contribution is -2.09. The Morgan fingerprint density at radius 1 is 1.59 bits per heavy atom. The number of carbonyl (C=O) groups excluding carboxylic acids is 2. The molecule has 0 amide bonds. The third-order valence-corrected chi connectivity index (χ3v) is 3.82. The second kappa shape index (κ2) is 7.56. The van der Waals surface area contributed by atoms with Crippen molar-refractivity contribution in [1.82, 2.24) is 0 Å². The lowest BCUT2D eigenvalue weighted by atomic mass is 9.97. The highest BCUT2D eigenvalue weighted by Crippen LogP contribution is 2.24. The first-order valence-corrected chi connectivity index (χ1v) is 6.88. The smallest absolute Gasteiger partial charge is 0.306 e. The van der Waals surface area contributed by atoms with E-state index in [4.69, 9.17) is 11.6 Å². The van der Waals surface area contributed by atoms with Gasteiger partial charge in [-0.2, -0.15) is 11.8 Å². The number of esters is 1. The average molecular weight is 275 g/mol. The molecule has 0 aliphatic heterocycles. The zero-order valence-electron chi connectivity index (χ0n) is 9.65. The summed E-state index contributed by atoms with van der Waals surface area (Å²) in [5, 5.41) is -0.376. The second-order valence-corrected chi connectivity index (χ2v) is 5.21. The van der Waals surface area contributed by atoms with Gasteiger partial charge in [0.1, 0.15) is 0 Å². The Morgan fingerprint density at radius 2 is 2.35 bits per heavy atom. The molecule has 0 N–H and O–H groups in total. The van der Waals surface area contributed by atoms with Crippen LogP contribution in [0.5, 0.6) is 0 Å². The summed E-state index contributed by atoms with van der Waals surface area (Å²) in [6.07, 6.45) is 6.79. The summed E-state index contributed by atoms with van der Waals surface area (Å²) >= 11 is 7.12. The molecule has 0 aromatic carbocycles. The van der Waals surface area contributed by atoms with E-state index < -0.39 is 0 Å². The predicted octanol–water partition coefficient (Wildman–Crippen LogP) is 2.55. The van der Waals surface area contributed by atoms with Crippen molar-refractivity contribution in [2.24, 2.45) is 5.92 Å². The third kappa shape index (κ3) is 5.41. The molecule has 0 saturated carbocycles. The van der Waals surface area contributed by atoms with Crippen LogP contribution in [0.3, 0.4) is 0 Å². The summed E-state index contributed by atoms with van der Waals surface area (Å²) in [5.74, 6) is 1.76. The number of carbonyl (C=O) groups is 2. The fourth-order valence-corrected chi connectivity index (χ4v) is 2.65. The van der Waals surface area contributed by atoms with Gasteiger partial charge in [-0.1, -0.05) is 18.2 Å². The lowest BCUT2D eigenvalue weighted by molar-refractivity contribution is -0.140. The summed E-state index contributed by atoms with van der Waals surface area (Å²) in [6, 6.07) is 0. The van der Waals surface area contributed by atoms with Crippen LogP contribution in [0.25, 0.3) is 0 Å². The standard InChI is InChI=1S/C12H15ClO3S/c1-16-11(14)5-6-17-8-9-3-2-4-10(7-9)12(13)15/h2-4,9H,5-8H2,1H3/t9-/m0/s1. The molecule has 17 heavy (non-hydrogen) atoms. The van der Waals surface area contributed by atoms with E-state index >= 15 is 0 Å². The minimum absolute atomic E-state index is 0.187. The molecule has 1 aliphatic rings. The number of allylic oxidation sites excluding steroid dienone is 4. The van der Waals surface area contributed by atoms with Crippen LogP contribution in [-0.2, 0) is 14.3 Å². The maximum atomic E-state index is 11.0. The van der Waals surface area contributed by atoms with Gasteiger partial charge >= 0.3 is 5.97 Å². The lowest BCUT2D eigenvalue weighted by Gasteiger charge is -2.15. The van der Waals surface area contributed by atoms with Crippen molar-refractivity contribution >= 4 is 34.6 Å². The molecule has 0 saturated heterocycles. The highest BCUT2D eigenvalue weighted by molar-refractivity contribution is 7.99. The van der Waals surface area contributed by atoms with Gasteiger partial charge in [-0.05, 0) is 29.7 Å². The summed E-state index contributed by atoms with van der Waals surface area (Å²) in [6.45, 7) is 0. The number of hydrogen-bond acceptors (Lipinski definition) is 4. The Balaban J connectivity index is 2.22. The first-order chi connectivity index (χ1) is 8.13. The largest absolute Gasteiger partial charge is 0.469 e. The molecule has 0 spiro atoms. The van der Waals surface area contributed by atoms with Gasteiger partial charge in [0.15, 0.2) is 0 Å². The number of hydrogen-bond donors (Lipinski definition) is 0. The molecule has 0 unspecified atom stereocenters. The van der Waals surface area contributed by atoms with Gasteiger partial charge < -0.3 is 4.74 Å². The highest BCUT2D eigenvalue weighted by Gasteiger charge is 2.15. The first kappa shape index (κ1) is 14.3. The van der Waals surface area contributed by atoms with Crippen LogP contribution in [0.2, 0.25) is 0 Å². The maximum Gasteiger partial charge on any atom is 0.306 e. The van der Waals surface area contributed by atoms with Crippen LogP contribution in [0, 0.1) is 5.92 Å². The summed E-state index contributed by atoms with van der Waals surface area (Å²) < 4.78 is 4.55. The monoisotopic (exact) mass is 274 g/mol. The fourth-order valence-electron chi connectivity index (χ4n) is 1.50. The quantitative estimate of drug-likeness (QED) is 0.424. The van der Waals surface area contributed by atoms with Crippen LogP contribution in [-0.4, -0.2) is 29.8 Å². The van der Waals surface area contributed by atoms with Crippen LogP contribution < -0.4 is 0 Å². The summed E-state index contributed by atoms with van der Waals surface area (Å²) in [5.41, 5.74) is 0.660. The number of methoxy groups -OCH3 is 1. The normalized spacial score (nSPS) is 18.7. The van der Waals surface area contributed by atoms with Gasteiger partial charge in [-0.15, -0.1) is 0 Å². The van der Waals surface area contributed by atoms with Crippen molar-refractivity contribution in [3.63, 3.8) is 0 Å². The van der Waals surface area contributed by atoms with Gasteiger partial charge in [-0.3, -0.25) is 9.59 Å². The number of rotatable bonds is 6. The minimum atomic E-state index is -0.376. The van der Waals surface area contributed by atoms with E-state index in [0.717, 1.165) is 11.5 Å². The van der Waals surface area contributed by atoms with E-state index in [0.29, 0.717) is 24.3 Å². The fraction of sp³-hybridized carbons (Fsp3) is 0.500. The Hall–Kier alpha value is -0.740. The van der Waals surface area contributed by atoms with Gasteiger partial charge in [-0.25, -0.2) is 0 Å². The van der Waals surface area contributed by atoms with Gasteiger partial charge in [0.05, 0.1) is 13.5 Å². The van der Waals surface area contributed by atoms with Gasteiger partial charge in [0.25, 0.3) is 0 Å². The van der Waals surface area contributed by atoms with E-state index in [1.807, 2.05) is 6.08 Å². The third-order valence-electron chi connectivity index (χ3n) is 2.43. The zero-order valence-corrected chi connectivity index (χ0v) is 11.2. The highest BCUT2D eigenvalue weighted by atomic mass is 35.5. The SMILES string of the molecule is COC(=O)CCSC[C@H]1C=CC=C(C(=O)Cl)C1. The Morgan fingerprint density at radius 3 is 3.00 bits per heavy atom. The second-order valence-electron chi connectivity index (χ2n) is 3.72. The molecule has 0 aromatic rings. The van der Waals surface area contributed by atoms with Crippen molar-refractivity contribution in [2.75, 3.05) is 18.6 Å². The van der Waals surface area contributed by atoms with Crippen LogP contribution in [0.15, 0.2) is 23.8 Å². The Labute approximate surface area is 110 Å². The van der Waals surface area contributed by atoms with E-state index in [1.165, 1.54) is 7.11 Å². The van der Waals surface area contributed by atoms with E-state index in [-0.39, 0.29) is 11.2 Å². The number of ether oxygens (including phenoxy) is 1. The molecule has 1 aliphatic carbocycles. The predicted molar refractivity (Wildman–Crippen MR) is 70.1 cm³/mol. The van der Waals surface area contributed by atoms with Crippen molar-refractivity contribution in [1.29, 1.82) is 0 Å². The van der Waals surface area contributed by atoms with E-state index in [2.05, 4.69) is 10.8 Å². The molecule has 94 valence electrons. The molecular formula is C12H15ClO3S. The zero-order chi connectivity index (χ0) is 12.7. The average Bonchev–Trinajstić information content (AvgIpc) is 2.34. The molecule has 1 atom stereocenters.